The van der Waals surface area contributed by atoms with Crippen LogP contribution in [0.15, 0.2) is 82.7 Å². The molecule has 1 aliphatic heterocycles. The molecule has 1 saturated heterocycles. The number of carbonyl (C=O) groups excluding carboxylic acids is 2. The number of ketones is 1. The number of benzene rings is 3. The number of nitrogens with zero attached hydrogens (tertiary/aromatic N) is 2. The van der Waals surface area contributed by atoms with Gasteiger partial charge in [-0.15, -0.1) is 0 Å². The molecule has 0 aliphatic carbocycles. The number of fused-ring (bicyclic) bond motifs is 1. The SMILES string of the molecule is Cc1ccc(C(=O)CSc2nc3cc(C(=O)NC[C@H]4CCCO4)ccc3c(=O)n2Cc2ccccc2)cc1. The van der Waals surface area contributed by atoms with Crippen molar-refractivity contribution >= 4 is 34.4 Å². The van der Waals surface area contributed by atoms with Crippen molar-refractivity contribution in [1.82, 2.24) is 14.9 Å². The summed E-state index contributed by atoms with van der Waals surface area (Å²) >= 11 is 1.23. The number of ether oxygens (including phenoxy) is 1. The highest BCUT2D eigenvalue weighted by Crippen LogP contribution is 2.22. The average molecular weight is 528 g/mol. The first-order valence-corrected chi connectivity index (χ1v) is 13.7. The lowest BCUT2D eigenvalue weighted by Crippen LogP contribution is -2.31. The molecule has 1 fully saturated rings. The Morgan fingerprint density at radius 3 is 2.55 bits per heavy atom. The maximum atomic E-state index is 13.6. The predicted molar refractivity (Wildman–Crippen MR) is 149 cm³/mol. The van der Waals surface area contributed by atoms with Crippen LogP contribution in [0.4, 0.5) is 0 Å². The lowest BCUT2D eigenvalue weighted by Gasteiger charge is -2.14. The van der Waals surface area contributed by atoms with Crippen molar-refractivity contribution in [2.24, 2.45) is 0 Å². The summed E-state index contributed by atoms with van der Waals surface area (Å²) in [7, 11) is 0. The second-order valence-electron chi connectivity index (χ2n) is 9.43. The van der Waals surface area contributed by atoms with E-state index in [1.54, 1.807) is 22.8 Å². The van der Waals surface area contributed by atoms with E-state index >= 15 is 0 Å². The van der Waals surface area contributed by atoms with Crippen molar-refractivity contribution in [2.75, 3.05) is 18.9 Å². The fraction of sp³-hybridized carbons (Fsp3) is 0.267. The molecule has 3 aromatic carbocycles. The summed E-state index contributed by atoms with van der Waals surface area (Å²) in [6, 6.07) is 22.0. The lowest BCUT2D eigenvalue weighted by atomic mass is 10.1. The summed E-state index contributed by atoms with van der Waals surface area (Å²) in [4.78, 5) is 44.0. The van der Waals surface area contributed by atoms with E-state index in [-0.39, 0.29) is 29.1 Å². The zero-order valence-electron chi connectivity index (χ0n) is 21.2. The molecule has 2 heterocycles. The molecule has 8 heteroatoms. The van der Waals surface area contributed by atoms with Crippen LogP contribution in [-0.2, 0) is 11.3 Å². The molecule has 7 nitrogen and oxygen atoms in total. The van der Waals surface area contributed by atoms with Gasteiger partial charge in [-0.1, -0.05) is 71.9 Å². The van der Waals surface area contributed by atoms with Gasteiger partial charge >= 0.3 is 0 Å². The quantitative estimate of drug-likeness (QED) is 0.194. The average Bonchev–Trinajstić information content (AvgIpc) is 3.46. The Kier molecular flexibility index (Phi) is 8.00. The summed E-state index contributed by atoms with van der Waals surface area (Å²) in [5, 5.41) is 3.77. The maximum Gasteiger partial charge on any atom is 0.262 e. The second-order valence-corrected chi connectivity index (χ2v) is 10.4. The minimum absolute atomic E-state index is 0.0387. The van der Waals surface area contributed by atoms with E-state index in [0.717, 1.165) is 30.6 Å². The van der Waals surface area contributed by atoms with E-state index in [9.17, 15) is 14.4 Å². The predicted octanol–water partition coefficient (Wildman–Crippen LogP) is 4.64. The van der Waals surface area contributed by atoms with E-state index in [0.29, 0.717) is 40.3 Å². The summed E-state index contributed by atoms with van der Waals surface area (Å²) in [6.45, 7) is 3.47. The van der Waals surface area contributed by atoms with Gasteiger partial charge in [0.15, 0.2) is 10.9 Å². The molecule has 0 spiro atoms. The highest BCUT2D eigenvalue weighted by molar-refractivity contribution is 7.99. The topological polar surface area (TPSA) is 90.3 Å². The maximum absolute atomic E-state index is 13.6. The van der Waals surface area contributed by atoms with E-state index < -0.39 is 0 Å². The molecule has 0 unspecified atom stereocenters. The van der Waals surface area contributed by atoms with Crippen LogP contribution in [0.5, 0.6) is 0 Å². The fourth-order valence-electron chi connectivity index (χ4n) is 4.42. The van der Waals surface area contributed by atoms with Crippen LogP contribution in [0.1, 0.15) is 44.7 Å². The number of nitrogens with one attached hydrogen (secondary N) is 1. The number of thioether (sulfide) groups is 1. The number of Topliss-reactive ketones (excluding diaryl/α,β-unsaturated/α-hetero) is 1. The van der Waals surface area contributed by atoms with E-state index in [2.05, 4.69) is 5.32 Å². The van der Waals surface area contributed by atoms with Crippen LogP contribution >= 0.6 is 11.8 Å². The van der Waals surface area contributed by atoms with Crippen molar-refractivity contribution in [3.63, 3.8) is 0 Å². The van der Waals surface area contributed by atoms with Gasteiger partial charge in [0.1, 0.15) is 0 Å². The first-order valence-electron chi connectivity index (χ1n) is 12.7. The van der Waals surface area contributed by atoms with Gasteiger partial charge in [-0.3, -0.25) is 19.0 Å². The Morgan fingerprint density at radius 1 is 1.05 bits per heavy atom. The van der Waals surface area contributed by atoms with E-state index in [1.807, 2.05) is 61.5 Å². The van der Waals surface area contributed by atoms with Gasteiger partial charge in [0.2, 0.25) is 0 Å². The number of amides is 1. The molecule has 4 aromatic rings. The number of aryl methyl sites for hydroxylation is 1. The van der Waals surface area contributed by atoms with Crippen LogP contribution in [0, 0.1) is 6.92 Å². The number of rotatable bonds is 9. The summed E-state index contributed by atoms with van der Waals surface area (Å²) in [6.07, 6.45) is 1.97. The molecule has 1 atom stereocenters. The third kappa shape index (κ3) is 6.03. The van der Waals surface area contributed by atoms with Gasteiger partial charge in [0, 0.05) is 24.3 Å². The Labute approximate surface area is 225 Å². The van der Waals surface area contributed by atoms with Gasteiger partial charge in [-0.25, -0.2) is 4.98 Å². The number of aromatic nitrogens is 2. The van der Waals surface area contributed by atoms with E-state index in [1.165, 1.54) is 11.8 Å². The van der Waals surface area contributed by atoms with Crippen LogP contribution in [0.25, 0.3) is 10.9 Å². The zero-order chi connectivity index (χ0) is 26.5. The van der Waals surface area contributed by atoms with Gasteiger partial charge in [0.05, 0.1) is 29.3 Å². The number of hydrogen-bond donors (Lipinski definition) is 1. The van der Waals surface area contributed by atoms with Crippen molar-refractivity contribution in [3.05, 3.63) is 105 Å². The lowest BCUT2D eigenvalue weighted by molar-refractivity contribution is 0.0857. The van der Waals surface area contributed by atoms with Crippen molar-refractivity contribution in [1.29, 1.82) is 0 Å². The van der Waals surface area contributed by atoms with E-state index in [4.69, 9.17) is 9.72 Å². The van der Waals surface area contributed by atoms with Crippen molar-refractivity contribution in [3.8, 4) is 0 Å². The minimum atomic E-state index is -0.235. The second kappa shape index (κ2) is 11.8. The van der Waals surface area contributed by atoms with Crippen LogP contribution < -0.4 is 10.9 Å². The summed E-state index contributed by atoms with van der Waals surface area (Å²) in [5.41, 5.74) is 3.29. The molecular formula is C30H29N3O4S. The number of hydrogen-bond acceptors (Lipinski definition) is 6. The largest absolute Gasteiger partial charge is 0.376 e. The molecular weight excluding hydrogens is 498 g/mol. The molecule has 5 rings (SSSR count). The molecule has 1 N–H and O–H groups in total. The van der Waals surface area contributed by atoms with Gasteiger partial charge in [-0.2, -0.15) is 0 Å². The van der Waals surface area contributed by atoms with Crippen LogP contribution in [0.3, 0.4) is 0 Å². The summed E-state index contributed by atoms with van der Waals surface area (Å²) < 4.78 is 7.18. The van der Waals surface area contributed by atoms with Crippen LogP contribution in [-0.4, -0.2) is 46.2 Å². The molecule has 0 radical (unpaired) electrons. The first kappa shape index (κ1) is 25.9. The fourth-order valence-corrected chi connectivity index (χ4v) is 5.32. The molecule has 194 valence electrons. The first-order chi connectivity index (χ1) is 18.5. The third-order valence-electron chi connectivity index (χ3n) is 6.59. The van der Waals surface area contributed by atoms with Crippen molar-refractivity contribution in [2.45, 2.75) is 37.6 Å². The highest BCUT2D eigenvalue weighted by Gasteiger charge is 2.19. The number of carbonyl (C=O) groups is 2. The minimum Gasteiger partial charge on any atom is -0.376 e. The van der Waals surface area contributed by atoms with Gasteiger partial charge in [-0.05, 0) is 43.5 Å². The molecule has 1 aliphatic rings. The Bertz CT molecular complexity index is 1510. The van der Waals surface area contributed by atoms with Crippen LogP contribution in [0.2, 0.25) is 0 Å². The van der Waals surface area contributed by atoms with Gasteiger partial charge < -0.3 is 10.1 Å². The zero-order valence-corrected chi connectivity index (χ0v) is 22.0. The molecule has 38 heavy (non-hydrogen) atoms. The standard InChI is InChI=1S/C30H29N3O4S/c1-20-9-11-22(12-10-20)27(34)19-38-30-32-26-16-23(28(35)31-17-24-8-5-15-37-24)13-14-25(26)29(36)33(30)18-21-6-3-2-4-7-21/h2-4,6-7,9-14,16,24H,5,8,15,17-19H2,1H3,(H,31,35)/t24-/m1/s1. The molecule has 0 bridgehead atoms. The Balaban J connectivity index is 1.44. The molecule has 0 saturated carbocycles. The normalized spacial score (nSPS) is 15.0. The Hall–Kier alpha value is -3.75. The van der Waals surface area contributed by atoms with Crippen molar-refractivity contribution < 1.29 is 14.3 Å². The smallest absolute Gasteiger partial charge is 0.262 e. The van der Waals surface area contributed by atoms with Gasteiger partial charge in [0.25, 0.3) is 11.5 Å². The third-order valence-corrected chi connectivity index (χ3v) is 7.56. The summed E-state index contributed by atoms with van der Waals surface area (Å²) in [5.74, 6) is -0.142. The molecule has 1 aromatic heterocycles. The Morgan fingerprint density at radius 2 is 1.82 bits per heavy atom. The monoisotopic (exact) mass is 527 g/mol. The molecule has 1 amide bonds. The highest BCUT2D eigenvalue weighted by atomic mass is 32.2.